The highest BCUT2D eigenvalue weighted by atomic mass is 19.4. The summed E-state index contributed by atoms with van der Waals surface area (Å²) >= 11 is 0. The normalized spacial score (nSPS) is 14.1. The van der Waals surface area contributed by atoms with E-state index in [4.69, 9.17) is 5.11 Å². The number of hydrogen-bond acceptors (Lipinski definition) is 2. The predicted octanol–water partition coefficient (Wildman–Crippen LogP) is 2.52. The van der Waals surface area contributed by atoms with Gasteiger partial charge >= 0.3 is 6.18 Å². The largest absolute Gasteiger partial charge is 0.416 e. The highest BCUT2D eigenvalue weighted by Crippen LogP contribution is 2.29. The summed E-state index contributed by atoms with van der Waals surface area (Å²) in [6.45, 7) is 2.45. The molecule has 0 amide bonds. The highest BCUT2D eigenvalue weighted by molar-refractivity contribution is 5.25. The first-order chi connectivity index (χ1) is 7.79. The van der Waals surface area contributed by atoms with E-state index >= 15 is 0 Å². The van der Waals surface area contributed by atoms with Gasteiger partial charge in [-0.1, -0.05) is 18.2 Å². The van der Waals surface area contributed by atoms with Crippen LogP contribution >= 0.6 is 0 Å². The van der Waals surface area contributed by atoms with Gasteiger partial charge in [0.05, 0.1) is 11.7 Å². The molecular weight excluding hydrogens is 231 g/mol. The van der Waals surface area contributed by atoms with Crippen LogP contribution in [0.15, 0.2) is 24.3 Å². The zero-order chi connectivity index (χ0) is 13.1. The third kappa shape index (κ3) is 4.75. The SMILES string of the molecule is CC(O)CN(C)Cc1cccc(C(F)(F)F)c1. The second-order valence-electron chi connectivity index (χ2n) is 4.24. The summed E-state index contributed by atoms with van der Waals surface area (Å²) in [4.78, 5) is 1.78. The van der Waals surface area contributed by atoms with Crippen LogP contribution in [0.2, 0.25) is 0 Å². The Bertz CT molecular complexity index is 363. The van der Waals surface area contributed by atoms with Crippen LogP contribution in [0.3, 0.4) is 0 Å². The first-order valence-electron chi connectivity index (χ1n) is 5.32. The molecule has 1 rings (SSSR count). The third-order valence-electron chi connectivity index (χ3n) is 2.28. The van der Waals surface area contributed by atoms with Crippen LogP contribution in [0.4, 0.5) is 13.2 Å². The van der Waals surface area contributed by atoms with E-state index in [0.717, 1.165) is 12.1 Å². The Morgan fingerprint density at radius 1 is 1.35 bits per heavy atom. The fourth-order valence-corrected chi connectivity index (χ4v) is 1.67. The summed E-state index contributed by atoms with van der Waals surface area (Å²) < 4.78 is 37.4. The molecule has 0 aliphatic carbocycles. The molecule has 2 nitrogen and oxygen atoms in total. The van der Waals surface area contributed by atoms with E-state index in [0.29, 0.717) is 18.7 Å². The number of aliphatic hydroxyl groups is 1. The van der Waals surface area contributed by atoms with Crippen molar-refractivity contribution < 1.29 is 18.3 Å². The minimum absolute atomic E-state index is 0.384. The lowest BCUT2D eigenvalue weighted by Gasteiger charge is -2.19. The van der Waals surface area contributed by atoms with Gasteiger partial charge in [-0.2, -0.15) is 13.2 Å². The Morgan fingerprint density at radius 2 is 2.00 bits per heavy atom. The van der Waals surface area contributed by atoms with Crippen molar-refractivity contribution in [3.8, 4) is 0 Å². The molecule has 0 spiro atoms. The first-order valence-corrected chi connectivity index (χ1v) is 5.32. The highest BCUT2D eigenvalue weighted by Gasteiger charge is 2.30. The predicted molar refractivity (Wildman–Crippen MR) is 59.5 cm³/mol. The smallest absolute Gasteiger partial charge is 0.392 e. The van der Waals surface area contributed by atoms with Crippen molar-refractivity contribution in [1.29, 1.82) is 0 Å². The monoisotopic (exact) mass is 247 g/mol. The van der Waals surface area contributed by atoms with E-state index in [1.807, 2.05) is 0 Å². The number of halogens is 3. The first kappa shape index (κ1) is 14.0. The molecule has 0 aliphatic rings. The lowest BCUT2D eigenvalue weighted by atomic mass is 10.1. The van der Waals surface area contributed by atoms with Gasteiger partial charge in [0.1, 0.15) is 0 Å². The third-order valence-corrected chi connectivity index (χ3v) is 2.28. The van der Waals surface area contributed by atoms with E-state index < -0.39 is 17.8 Å². The molecule has 1 aromatic rings. The maximum absolute atomic E-state index is 12.5. The molecule has 0 bridgehead atoms. The number of likely N-dealkylation sites (N-methyl/N-ethyl adjacent to an activating group) is 1. The van der Waals surface area contributed by atoms with Gasteiger partial charge in [-0.05, 0) is 25.6 Å². The molecular formula is C12H16F3NO. The molecule has 1 N–H and O–H groups in total. The number of aliphatic hydroxyl groups excluding tert-OH is 1. The topological polar surface area (TPSA) is 23.5 Å². The average molecular weight is 247 g/mol. The number of nitrogens with zero attached hydrogens (tertiary/aromatic N) is 1. The standard InChI is InChI=1S/C12H16F3NO/c1-9(17)7-16(2)8-10-4-3-5-11(6-10)12(13,14)15/h3-6,9,17H,7-8H2,1-2H3. The Hall–Kier alpha value is -1.07. The van der Waals surface area contributed by atoms with Crippen molar-refractivity contribution in [2.24, 2.45) is 0 Å². The summed E-state index contributed by atoms with van der Waals surface area (Å²) in [5, 5.41) is 9.16. The van der Waals surface area contributed by atoms with E-state index in [1.54, 1.807) is 24.9 Å². The molecule has 1 atom stereocenters. The zero-order valence-electron chi connectivity index (χ0n) is 9.83. The van der Waals surface area contributed by atoms with Crippen molar-refractivity contribution in [3.05, 3.63) is 35.4 Å². The van der Waals surface area contributed by atoms with Crippen molar-refractivity contribution in [2.45, 2.75) is 25.7 Å². The van der Waals surface area contributed by atoms with Crippen molar-refractivity contribution >= 4 is 0 Å². The zero-order valence-corrected chi connectivity index (χ0v) is 9.83. The van der Waals surface area contributed by atoms with Gasteiger partial charge in [-0.15, -0.1) is 0 Å². The van der Waals surface area contributed by atoms with E-state index in [1.165, 1.54) is 6.07 Å². The molecule has 96 valence electrons. The fraction of sp³-hybridized carbons (Fsp3) is 0.500. The molecule has 1 unspecified atom stereocenters. The molecule has 0 saturated carbocycles. The van der Waals surface area contributed by atoms with Crippen LogP contribution < -0.4 is 0 Å². The molecule has 0 heterocycles. The summed E-state index contributed by atoms with van der Waals surface area (Å²) in [5.41, 5.74) is -0.0524. The van der Waals surface area contributed by atoms with E-state index in [2.05, 4.69) is 0 Å². The van der Waals surface area contributed by atoms with Gasteiger partial charge in [-0.3, -0.25) is 4.90 Å². The van der Waals surface area contributed by atoms with Gasteiger partial charge in [-0.25, -0.2) is 0 Å². The van der Waals surface area contributed by atoms with Crippen molar-refractivity contribution in [2.75, 3.05) is 13.6 Å². The summed E-state index contributed by atoms with van der Waals surface area (Å²) in [5.74, 6) is 0. The molecule has 5 heteroatoms. The van der Waals surface area contributed by atoms with Gasteiger partial charge in [0, 0.05) is 13.1 Å². The Labute approximate surface area is 98.7 Å². The van der Waals surface area contributed by atoms with Crippen LogP contribution in [0.25, 0.3) is 0 Å². The van der Waals surface area contributed by atoms with Crippen molar-refractivity contribution in [1.82, 2.24) is 4.90 Å². The maximum atomic E-state index is 12.5. The summed E-state index contributed by atoms with van der Waals surface area (Å²) in [6, 6.07) is 5.23. The number of hydrogen-bond donors (Lipinski definition) is 1. The van der Waals surface area contributed by atoms with Crippen LogP contribution in [-0.2, 0) is 12.7 Å². The average Bonchev–Trinajstić information content (AvgIpc) is 2.15. The van der Waals surface area contributed by atoms with E-state index in [9.17, 15) is 13.2 Å². The Morgan fingerprint density at radius 3 is 2.53 bits per heavy atom. The minimum Gasteiger partial charge on any atom is -0.392 e. The lowest BCUT2D eigenvalue weighted by Crippen LogP contribution is -2.26. The molecule has 17 heavy (non-hydrogen) atoms. The fourth-order valence-electron chi connectivity index (χ4n) is 1.67. The Kier molecular flexibility index (Phi) is 4.54. The quantitative estimate of drug-likeness (QED) is 0.883. The van der Waals surface area contributed by atoms with Gasteiger partial charge in [0.15, 0.2) is 0 Å². The number of alkyl halides is 3. The maximum Gasteiger partial charge on any atom is 0.416 e. The van der Waals surface area contributed by atoms with Crippen LogP contribution in [-0.4, -0.2) is 29.7 Å². The molecule has 0 fully saturated rings. The molecule has 0 aromatic heterocycles. The van der Waals surface area contributed by atoms with Crippen LogP contribution in [0.5, 0.6) is 0 Å². The lowest BCUT2D eigenvalue weighted by molar-refractivity contribution is -0.137. The van der Waals surface area contributed by atoms with Gasteiger partial charge in [0.25, 0.3) is 0 Å². The van der Waals surface area contributed by atoms with Gasteiger partial charge in [0.2, 0.25) is 0 Å². The Balaban J connectivity index is 2.72. The second kappa shape index (κ2) is 5.51. The van der Waals surface area contributed by atoms with Crippen LogP contribution in [0.1, 0.15) is 18.1 Å². The minimum atomic E-state index is -4.31. The molecule has 1 aromatic carbocycles. The summed E-state index contributed by atoms with van der Waals surface area (Å²) in [7, 11) is 1.76. The van der Waals surface area contributed by atoms with Gasteiger partial charge < -0.3 is 5.11 Å². The number of benzene rings is 1. The second-order valence-corrected chi connectivity index (χ2v) is 4.24. The number of rotatable bonds is 4. The van der Waals surface area contributed by atoms with E-state index in [-0.39, 0.29) is 0 Å². The molecule has 0 saturated heterocycles. The van der Waals surface area contributed by atoms with Crippen molar-refractivity contribution in [3.63, 3.8) is 0 Å². The molecule has 0 aliphatic heterocycles. The van der Waals surface area contributed by atoms with Crippen LogP contribution in [0, 0.1) is 0 Å². The summed E-state index contributed by atoms with van der Waals surface area (Å²) in [6.07, 6.45) is -4.80. The molecule has 0 radical (unpaired) electrons.